The smallest absolute Gasteiger partial charge is 0.226 e. The lowest BCUT2D eigenvalue weighted by molar-refractivity contribution is -0.132. The van der Waals surface area contributed by atoms with Gasteiger partial charge in [-0.15, -0.1) is 0 Å². The summed E-state index contributed by atoms with van der Waals surface area (Å²) in [7, 11) is 1.73. The Hall–Kier alpha value is -0.610. The molecule has 0 aromatic carbocycles. The molecule has 0 spiro atoms. The van der Waals surface area contributed by atoms with Crippen LogP contribution in [0, 0.1) is 17.8 Å². The summed E-state index contributed by atoms with van der Waals surface area (Å²) in [4.78, 5) is 14.1. The highest BCUT2D eigenvalue weighted by Gasteiger charge is 2.58. The average molecular weight is 210 g/mol. The van der Waals surface area contributed by atoms with Gasteiger partial charge in [0.05, 0.1) is 6.10 Å². The Labute approximate surface area is 90.0 Å². The predicted molar refractivity (Wildman–Crippen MR) is 55.3 cm³/mol. The van der Waals surface area contributed by atoms with E-state index in [0.717, 1.165) is 32.6 Å². The van der Waals surface area contributed by atoms with Gasteiger partial charge in [0.15, 0.2) is 0 Å². The molecular weight excluding hydrogens is 192 g/mol. The molecule has 0 radical (unpaired) electrons. The second kappa shape index (κ2) is 3.46. The number of piperidine rings is 1. The van der Waals surface area contributed by atoms with Crippen LogP contribution in [0.3, 0.4) is 0 Å². The molecule has 4 atom stereocenters. The molecule has 2 aliphatic heterocycles. The molecule has 0 bridgehead atoms. The number of carbonyl (C=O) groups is 1. The van der Waals surface area contributed by atoms with Gasteiger partial charge in [0.2, 0.25) is 5.91 Å². The molecule has 0 aromatic rings. The Morgan fingerprint density at radius 2 is 2.13 bits per heavy atom. The number of amides is 1. The van der Waals surface area contributed by atoms with Crippen molar-refractivity contribution in [2.45, 2.75) is 12.5 Å². The van der Waals surface area contributed by atoms with Gasteiger partial charge in [-0.25, -0.2) is 0 Å². The summed E-state index contributed by atoms with van der Waals surface area (Å²) in [6.45, 7) is 3.78. The number of fused-ring (bicyclic) bond motifs is 1. The van der Waals surface area contributed by atoms with Gasteiger partial charge >= 0.3 is 0 Å². The predicted octanol–water partition coefficient (Wildman–Crippen LogP) is -0.301. The number of ether oxygens (including phenoxy) is 1. The summed E-state index contributed by atoms with van der Waals surface area (Å²) in [6, 6.07) is 0. The Morgan fingerprint density at radius 3 is 2.73 bits per heavy atom. The fourth-order valence-electron chi connectivity index (χ4n) is 3.12. The van der Waals surface area contributed by atoms with Crippen LogP contribution < -0.4 is 5.32 Å². The standard InChI is InChI=1S/C11H18N2O2/c1-15-7-2-3-13(6-7)11(14)10-8-4-12-5-9(8)10/h7-10,12H,2-6H2,1H3/t7-,8-,9+,10?/m1/s1. The molecule has 0 aromatic heterocycles. The maximum atomic E-state index is 12.1. The highest BCUT2D eigenvalue weighted by Crippen LogP contribution is 2.49. The number of likely N-dealkylation sites (tertiary alicyclic amines) is 1. The number of nitrogens with zero attached hydrogens (tertiary/aromatic N) is 1. The molecule has 84 valence electrons. The third-order valence-corrected chi connectivity index (χ3v) is 4.17. The molecule has 1 amide bonds. The number of carbonyl (C=O) groups excluding carboxylic acids is 1. The van der Waals surface area contributed by atoms with E-state index in [1.165, 1.54) is 0 Å². The van der Waals surface area contributed by atoms with Crippen molar-refractivity contribution in [1.29, 1.82) is 0 Å². The van der Waals surface area contributed by atoms with E-state index in [1.807, 2.05) is 4.90 Å². The normalized spacial score (nSPS) is 43.1. The zero-order valence-corrected chi connectivity index (χ0v) is 9.11. The second-order valence-electron chi connectivity index (χ2n) is 4.94. The first-order valence-corrected chi connectivity index (χ1v) is 5.83. The fourth-order valence-corrected chi connectivity index (χ4v) is 3.12. The van der Waals surface area contributed by atoms with Gasteiger partial charge in [-0.3, -0.25) is 4.79 Å². The van der Waals surface area contributed by atoms with Gasteiger partial charge in [0.25, 0.3) is 0 Å². The van der Waals surface area contributed by atoms with Crippen LogP contribution in [0.5, 0.6) is 0 Å². The molecule has 1 saturated carbocycles. The Bertz CT molecular complexity index is 272. The number of nitrogens with one attached hydrogen (secondary N) is 1. The Morgan fingerprint density at radius 1 is 1.40 bits per heavy atom. The first-order valence-electron chi connectivity index (χ1n) is 5.83. The molecule has 4 heteroatoms. The maximum absolute atomic E-state index is 12.1. The van der Waals surface area contributed by atoms with Crippen molar-refractivity contribution in [1.82, 2.24) is 10.2 Å². The first kappa shape index (κ1) is 9.60. The molecule has 1 unspecified atom stereocenters. The minimum Gasteiger partial charge on any atom is -0.380 e. The maximum Gasteiger partial charge on any atom is 0.226 e. The minimum atomic E-state index is 0.269. The molecular formula is C11H18N2O2. The number of rotatable bonds is 2. The average Bonchev–Trinajstić information content (AvgIpc) is 2.73. The van der Waals surface area contributed by atoms with Crippen molar-refractivity contribution in [2.75, 3.05) is 33.3 Å². The van der Waals surface area contributed by atoms with Gasteiger partial charge in [-0.05, 0) is 31.3 Å². The summed E-state index contributed by atoms with van der Waals surface area (Å²) < 4.78 is 5.28. The topological polar surface area (TPSA) is 41.6 Å². The summed E-state index contributed by atoms with van der Waals surface area (Å²) in [5.41, 5.74) is 0. The largest absolute Gasteiger partial charge is 0.380 e. The number of hydrogen-bond donors (Lipinski definition) is 1. The fraction of sp³-hybridized carbons (Fsp3) is 0.909. The SMILES string of the molecule is CO[C@@H]1CCN(C(=O)C2[C@H]3CNC[C@@H]23)C1. The van der Waals surface area contributed by atoms with Crippen molar-refractivity contribution < 1.29 is 9.53 Å². The lowest BCUT2D eigenvalue weighted by Crippen LogP contribution is -2.34. The van der Waals surface area contributed by atoms with Crippen LogP contribution in [0.15, 0.2) is 0 Å². The number of methoxy groups -OCH3 is 1. The monoisotopic (exact) mass is 210 g/mol. The second-order valence-corrected chi connectivity index (χ2v) is 4.94. The van der Waals surface area contributed by atoms with E-state index in [0.29, 0.717) is 23.7 Å². The quantitative estimate of drug-likeness (QED) is 0.680. The third-order valence-electron chi connectivity index (χ3n) is 4.17. The van der Waals surface area contributed by atoms with Gasteiger partial charge in [0.1, 0.15) is 0 Å². The lowest BCUT2D eigenvalue weighted by Gasteiger charge is -2.17. The van der Waals surface area contributed by atoms with Crippen LogP contribution in [0.1, 0.15) is 6.42 Å². The summed E-state index contributed by atoms with van der Waals surface area (Å²) in [6.07, 6.45) is 1.27. The Kier molecular flexibility index (Phi) is 2.21. The van der Waals surface area contributed by atoms with E-state index in [1.54, 1.807) is 7.11 Å². The molecule has 1 aliphatic carbocycles. The molecule has 3 rings (SSSR count). The molecule has 2 heterocycles. The number of hydrogen-bond acceptors (Lipinski definition) is 3. The lowest BCUT2D eigenvalue weighted by atomic mass is 10.2. The first-order chi connectivity index (χ1) is 7.31. The molecule has 3 fully saturated rings. The van der Waals surface area contributed by atoms with E-state index in [-0.39, 0.29) is 6.10 Å². The van der Waals surface area contributed by atoms with Gasteiger partial charge < -0.3 is 15.0 Å². The van der Waals surface area contributed by atoms with Crippen LogP contribution in [-0.4, -0.2) is 50.2 Å². The van der Waals surface area contributed by atoms with Crippen LogP contribution in [0.25, 0.3) is 0 Å². The van der Waals surface area contributed by atoms with Crippen LogP contribution in [0.4, 0.5) is 0 Å². The molecule has 4 nitrogen and oxygen atoms in total. The Balaban J connectivity index is 1.58. The summed E-state index contributed by atoms with van der Waals surface area (Å²) >= 11 is 0. The van der Waals surface area contributed by atoms with Crippen LogP contribution >= 0.6 is 0 Å². The summed E-state index contributed by atoms with van der Waals surface area (Å²) in [5.74, 6) is 1.99. The van der Waals surface area contributed by atoms with E-state index >= 15 is 0 Å². The summed E-state index contributed by atoms with van der Waals surface area (Å²) in [5, 5.41) is 3.32. The van der Waals surface area contributed by atoms with E-state index in [9.17, 15) is 4.79 Å². The van der Waals surface area contributed by atoms with Gasteiger partial charge in [-0.1, -0.05) is 0 Å². The molecule has 3 aliphatic rings. The van der Waals surface area contributed by atoms with Crippen molar-refractivity contribution in [2.24, 2.45) is 17.8 Å². The zero-order valence-electron chi connectivity index (χ0n) is 9.11. The van der Waals surface area contributed by atoms with Crippen molar-refractivity contribution in [3.63, 3.8) is 0 Å². The minimum absolute atomic E-state index is 0.269. The van der Waals surface area contributed by atoms with Crippen molar-refractivity contribution in [3.8, 4) is 0 Å². The van der Waals surface area contributed by atoms with E-state index < -0.39 is 0 Å². The van der Waals surface area contributed by atoms with Crippen molar-refractivity contribution >= 4 is 5.91 Å². The molecule has 1 N–H and O–H groups in total. The third kappa shape index (κ3) is 1.47. The highest BCUT2D eigenvalue weighted by molar-refractivity contribution is 5.83. The molecule has 15 heavy (non-hydrogen) atoms. The van der Waals surface area contributed by atoms with Gasteiger partial charge in [0, 0.05) is 26.1 Å². The molecule has 2 saturated heterocycles. The van der Waals surface area contributed by atoms with Crippen LogP contribution in [0.2, 0.25) is 0 Å². The highest BCUT2D eigenvalue weighted by atomic mass is 16.5. The van der Waals surface area contributed by atoms with E-state index in [4.69, 9.17) is 4.74 Å². The van der Waals surface area contributed by atoms with Gasteiger partial charge in [-0.2, -0.15) is 0 Å². The van der Waals surface area contributed by atoms with Crippen molar-refractivity contribution in [3.05, 3.63) is 0 Å². The zero-order chi connectivity index (χ0) is 10.4. The van der Waals surface area contributed by atoms with E-state index in [2.05, 4.69) is 5.32 Å². The van der Waals surface area contributed by atoms with Crippen LogP contribution in [-0.2, 0) is 9.53 Å².